The lowest BCUT2D eigenvalue weighted by Gasteiger charge is -2.33. The van der Waals surface area contributed by atoms with Crippen LogP contribution in [0.5, 0.6) is 0 Å². The van der Waals surface area contributed by atoms with Gasteiger partial charge in [0.25, 0.3) is 5.56 Å². The number of hydrogen-bond acceptors (Lipinski definition) is 10. The number of piperazine rings is 1. The second-order valence-electron chi connectivity index (χ2n) is 8.07. The number of carbonyl (C=O) groups excluding carboxylic acids is 1. The van der Waals surface area contributed by atoms with Crippen molar-refractivity contribution >= 4 is 49.1 Å². The summed E-state index contributed by atoms with van der Waals surface area (Å²) in [6.45, 7) is 2.62. The van der Waals surface area contributed by atoms with Gasteiger partial charge in [-0.1, -0.05) is 0 Å². The molecule has 0 bridgehead atoms. The quantitative estimate of drug-likeness (QED) is 0.391. The second kappa shape index (κ2) is 9.72. The molecule has 1 N–H and O–H groups in total. The molecule has 36 heavy (non-hydrogen) atoms. The summed E-state index contributed by atoms with van der Waals surface area (Å²) < 4.78 is 29.8. The van der Waals surface area contributed by atoms with Crippen LogP contribution in [0.25, 0.3) is 10.2 Å². The number of hydrogen-bond donors (Lipinski definition) is 1. The Balaban J connectivity index is 1.41. The molecular weight excluding hydrogens is 504 g/mol. The van der Waals surface area contributed by atoms with Gasteiger partial charge in [-0.15, -0.1) is 11.3 Å². The first-order valence-corrected chi connectivity index (χ1v) is 13.3. The molecule has 4 aromatic rings. The third-order valence-corrected chi connectivity index (χ3v) is 8.94. The van der Waals surface area contributed by atoms with Crippen LogP contribution < -0.4 is 15.8 Å². The fraction of sp³-hybridized carbons (Fsp3) is 0.273. The Bertz CT molecular complexity index is 1560. The molecular formula is C22H22N8O4S2. The van der Waals surface area contributed by atoms with E-state index in [1.807, 2.05) is 4.90 Å². The van der Waals surface area contributed by atoms with Gasteiger partial charge >= 0.3 is 0 Å². The zero-order valence-corrected chi connectivity index (χ0v) is 20.9. The van der Waals surface area contributed by atoms with E-state index in [-0.39, 0.29) is 29.9 Å². The van der Waals surface area contributed by atoms with E-state index in [4.69, 9.17) is 0 Å². The van der Waals surface area contributed by atoms with Crippen LogP contribution in [0, 0.1) is 6.92 Å². The van der Waals surface area contributed by atoms with E-state index in [0.29, 0.717) is 34.4 Å². The zero-order valence-electron chi connectivity index (χ0n) is 19.2. The van der Waals surface area contributed by atoms with Crippen LogP contribution in [0.15, 0.2) is 59.0 Å². The number of carbonyl (C=O) groups is 1. The Hall–Kier alpha value is -3.75. The first-order chi connectivity index (χ1) is 17.3. The number of fused-ring (bicyclic) bond motifs is 1. The molecule has 0 aliphatic carbocycles. The highest BCUT2D eigenvalue weighted by Crippen LogP contribution is 2.33. The number of sulfonamides is 1. The molecule has 1 fully saturated rings. The third kappa shape index (κ3) is 4.57. The number of amides is 1. The smallest absolute Gasteiger partial charge is 0.263 e. The van der Waals surface area contributed by atoms with Gasteiger partial charge in [0.15, 0.2) is 0 Å². The highest BCUT2D eigenvalue weighted by Gasteiger charge is 2.34. The second-order valence-corrected chi connectivity index (χ2v) is 11.2. The van der Waals surface area contributed by atoms with E-state index < -0.39 is 21.5 Å². The van der Waals surface area contributed by atoms with Gasteiger partial charge in [0.2, 0.25) is 21.9 Å². The van der Waals surface area contributed by atoms with Gasteiger partial charge in [0.1, 0.15) is 16.3 Å². The van der Waals surface area contributed by atoms with Crippen molar-refractivity contribution in [1.82, 2.24) is 28.8 Å². The van der Waals surface area contributed by atoms with E-state index in [9.17, 15) is 18.0 Å². The maximum atomic E-state index is 13.7. The predicted molar refractivity (Wildman–Crippen MR) is 134 cm³/mol. The molecule has 0 spiro atoms. The van der Waals surface area contributed by atoms with Crippen LogP contribution in [-0.4, -0.2) is 69.3 Å². The van der Waals surface area contributed by atoms with Gasteiger partial charge in [-0.25, -0.2) is 23.4 Å². The molecule has 186 valence electrons. The van der Waals surface area contributed by atoms with Crippen molar-refractivity contribution in [3.8, 4) is 0 Å². The number of rotatable bonds is 6. The molecule has 1 saturated heterocycles. The SMILES string of the molecule is Cc1sc2ncn(CC(=O)Nc3cccnc3)c(=O)c2c1S(=O)(=O)N1CCN(c2ncccn2)CC1. The minimum Gasteiger partial charge on any atom is -0.338 e. The summed E-state index contributed by atoms with van der Waals surface area (Å²) in [6.07, 6.45) is 7.61. The number of anilines is 2. The number of aromatic nitrogens is 5. The van der Waals surface area contributed by atoms with Crippen LogP contribution >= 0.6 is 11.3 Å². The van der Waals surface area contributed by atoms with Gasteiger partial charge in [0, 0.05) is 49.6 Å². The third-order valence-electron chi connectivity index (χ3n) is 5.73. The van der Waals surface area contributed by atoms with Gasteiger partial charge < -0.3 is 10.2 Å². The molecule has 0 unspecified atom stereocenters. The van der Waals surface area contributed by atoms with E-state index in [2.05, 4.69) is 25.3 Å². The van der Waals surface area contributed by atoms with Crippen molar-refractivity contribution in [1.29, 1.82) is 0 Å². The van der Waals surface area contributed by atoms with Crippen molar-refractivity contribution in [2.24, 2.45) is 0 Å². The topological polar surface area (TPSA) is 143 Å². The zero-order chi connectivity index (χ0) is 25.3. The number of nitrogens with one attached hydrogen (secondary N) is 1. The molecule has 4 aromatic heterocycles. The molecule has 5 heterocycles. The van der Waals surface area contributed by atoms with E-state index in [0.717, 1.165) is 15.9 Å². The summed E-state index contributed by atoms with van der Waals surface area (Å²) >= 11 is 1.14. The van der Waals surface area contributed by atoms with Crippen molar-refractivity contribution in [3.05, 3.63) is 64.5 Å². The van der Waals surface area contributed by atoms with Gasteiger partial charge in [-0.3, -0.25) is 19.1 Å². The largest absolute Gasteiger partial charge is 0.338 e. The molecule has 1 amide bonds. The van der Waals surface area contributed by atoms with Crippen LogP contribution in [0.3, 0.4) is 0 Å². The summed E-state index contributed by atoms with van der Waals surface area (Å²) in [5, 5.41) is 2.66. The molecule has 5 rings (SSSR count). The van der Waals surface area contributed by atoms with Gasteiger partial charge in [-0.05, 0) is 25.1 Å². The fourth-order valence-electron chi connectivity index (χ4n) is 4.04. The Labute approximate surface area is 210 Å². The molecule has 14 heteroatoms. The summed E-state index contributed by atoms with van der Waals surface area (Å²) in [7, 11) is -3.98. The highest BCUT2D eigenvalue weighted by molar-refractivity contribution is 7.89. The van der Waals surface area contributed by atoms with Crippen molar-refractivity contribution in [3.63, 3.8) is 0 Å². The number of pyridine rings is 1. The number of thiophene rings is 1. The standard InChI is InChI=1S/C22H22N8O4S2/c1-15-19(36(33,34)30-10-8-28(9-11-30)22-24-6-3-7-25-22)18-20(35-15)26-14-29(21(18)32)13-17(31)27-16-4-2-5-23-12-16/h2-7,12,14H,8-11,13H2,1H3,(H,27,31). The van der Waals surface area contributed by atoms with Crippen molar-refractivity contribution < 1.29 is 13.2 Å². The van der Waals surface area contributed by atoms with E-state index in [1.54, 1.807) is 43.7 Å². The highest BCUT2D eigenvalue weighted by atomic mass is 32.2. The summed E-state index contributed by atoms with van der Waals surface area (Å²) in [5.41, 5.74) is -0.0974. The first-order valence-electron chi connectivity index (χ1n) is 11.0. The minimum atomic E-state index is -3.98. The van der Waals surface area contributed by atoms with Crippen LogP contribution in [-0.2, 0) is 21.4 Å². The maximum absolute atomic E-state index is 13.7. The summed E-state index contributed by atoms with van der Waals surface area (Å²) in [4.78, 5) is 45.2. The van der Waals surface area contributed by atoms with Crippen molar-refractivity contribution in [2.75, 3.05) is 36.4 Å². The lowest BCUT2D eigenvalue weighted by Crippen LogP contribution is -2.49. The van der Waals surface area contributed by atoms with E-state index >= 15 is 0 Å². The maximum Gasteiger partial charge on any atom is 0.263 e. The molecule has 1 aliphatic heterocycles. The Morgan fingerprint density at radius 1 is 1.08 bits per heavy atom. The van der Waals surface area contributed by atoms with Crippen LogP contribution in [0.1, 0.15) is 4.88 Å². The average Bonchev–Trinajstić information content (AvgIpc) is 3.24. The fourth-order valence-corrected chi connectivity index (χ4v) is 7.13. The van der Waals surface area contributed by atoms with Gasteiger partial charge in [0.05, 0.1) is 23.6 Å². The van der Waals surface area contributed by atoms with E-state index in [1.165, 1.54) is 16.8 Å². The number of nitrogens with zero attached hydrogens (tertiary/aromatic N) is 7. The minimum absolute atomic E-state index is 0.00278. The average molecular weight is 527 g/mol. The van der Waals surface area contributed by atoms with Crippen LogP contribution in [0.2, 0.25) is 0 Å². The van der Waals surface area contributed by atoms with Crippen molar-refractivity contribution in [2.45, 2.75) is 18.4 Å². The number of aryl methyl sites for hydroxylation is 1. The Kier molecular flexibility index (Phi) is 6.47. The summed E-state index contributed by atoms with van der Waals surface area (Å²) in [6, 6.07) is 5.07. The Morgan fingerprint density at radius 2 is 1.83 bits per heavy atom. The molecule has 0 saturated carbocycles. The molecule has 0 atom stereocenters. The molecule has 0 radical (unpaired) electrons. The molecule has 1 aliphatic rings. The van der Waals surface area contributed by atoms with Gasteiger partial charge in [-0.2, -0.15) is 4.31 Å². The van der Waals surface area contributed by atoms with Crippen LogP contribution in [0.4, 0.5) is 11.6 Å². The molecule has 0 aromatic carbocycles. The lowest BCUT2D eigenvalue weighted by molar-refractivity contribution is -0.116. The Morgan fingerprint density at radius 3 is 2.53 bits per heavy atom. The normalized spacial score (nSPS) is 14.8. The molecule has 12 nitrogen and oxygen atoms in total. The first kappa shape index (κ1) is 24.0. The lowest BCUT2D eigenvalue weighted by atomic mass is 10.3. The monoisotopic (exact) mass is 526 g/mol. The predicted octanol–water partition coefficient (Wildman–Crippen LogP) is 1.10. The summed E-state index contributed by atoms with van der Waals surface area (Å²) in [5.74, 6) is 0.0882.